The van der Waals surface area contributed by atoms with E-state index in [2.05, 4.69) is 6.92 Å². The van der Waals surface area contributed by atoms with Crippen molar-refractivity contribution in [3.8, 4) is 0 Å². The fraction of sp³-hybridized carbons (Fsp3) is 0.917. The van der Waals surface area contributed by atoms with Gasteiger partial charge in [-0.1, -0.05) is 6.92 Å². The summed E-state index contributed by atoms with van der Waals surface area (Å²) in [5.74, 6) is 0.733. The maximum Gasteiger partial charge on any atom is 0.333 e. The van der Waals surface area contributed by atoms with E-state index in [1.165, 1.54) is 20.0 Å². The molecule has 1 N–H and O–H groups in total. The highest BCUT2D eigenvalue weighted by Crippen LogP contribution is 2.57. The van der Waals surface area contributed by atoms with Gasteiger partial charge in [-0.2, -0.15) is 0 Å². The summed E-state index contributed by atoms with van der Waals surface area (Å²) in [7, 11) is 1.51. The minimum absolute atomic E-state index is 0.0391. The molecule has 0 aromatic rings. The van der Waals surface area contributed by atoms with E-state index in [9.17, 15) is 4.79 Å². The SMILES string of the molecule is COC(C(=O)O)C1(CC(C)C2CC2)CC1. The van der Waals surface area contributed by atoms with Crippen molar-refractivity contribution >= 4 is 5.97 Å². The molecule has 0 aromatic heterocycles. The third-order valence-electron chi connectivity index (χ3n) is 4.06. The van der Waals surface area contributed by atoms with Crippen molar-refractivity contribution in [2.45, 2.75) is 45.1 Å². The van der Waals surface area contributed by atoms with E-state index in [0.29, 0.717) is 5.92 Å². The summed E-state index contributed by atoms with van der Waals surface area (Å²) in [6, 6.07) is 0. The monoisotopic (exact) mass is 212 g/mol. The number of methoxy groups -OCH3 is 1. The Kier molecular flexibility index (Phi) is 2.75. The molecule has 3 heteroatoms. The van der Waals surface area contributed by atoms with Gasteiger partial charge in [0, 0.05) is 12.5 Å². The van der Waals surface area contributed by atoms with Crippen molar-refractivity contribution in [1.29, 1.82) is 0 Å². The molecule has 0 heterocycles. The Morgan fingerprint density at radius 3 is 2.47 bits per heavy atom. The number of ether oxygens (including phenoxy) is 1. The molecule has 2 aliphatic carbocycles. The van der Waals surface area contributed by atoms with Gasteiger partial charge >= 0.3 is 5.97 Å². The third kappa shape index (κ3) is 2.17. The highest BCUT2D eigenvalue weighted by atomic mass is 16.5. The van der Waals surface area contributed by atoms with Gasteiger partial charge in [0.15, 0.2) is 6.10 Å². The maximum absolute atomic E-state index is 11.1. The Balaban J connectivity index is 1.95. The Morgan fingerprint density at radius 2 is 2.13 bits per heavy atom. The van der Waals surface area contributed by atoms with Crippen LogP contribution in [0, 0.1) is 17.3 Å². The van der Waals surface area contributed by atoms with Gasteiger partial charge in [-0.25, -0.2) is 4.79 Å². The normalized spacial score (nSPS) is 27.1. The molecule has 2 aliphatic rings. The number of carboxylic acid groups (broad SMARTS) is 1. The number of hydrogen-bond donors (Lipinski definition) is 1. The van der Waals surface area contributed by atoms with Crippen LogP contribution in [0.2, 0.25) is 0 Å². The first-order chi connectivity index (χ1) is 7.09. The van der Waals surface area contributed by atoms with Crippen LogP contribution in [0.3, 0.4) is 0 Å². The molecule has 2 unspecified atom stereocenters. The van der Waals surface area contributed by atoms with Crippen LogP contribution in [0.1, 0.15) is 39.0 Å². The first-order valence-electron chi connectivity index (χ1n) is 5.85. The second kappa shape index (κ2) is 3.78. The van der Waals surface area contributed by atoms with Crippen LogP contribution in [-0.4, -0.2) is 24.3 Å². The van der Waals surface area contributed by atoms with Gasteiger partial charge in [0.1, 0.15) is 0 Å². The second-order valence-electron chi connectivity index (χ2n) is 5.34. The van der Waals surface area contributed by atoms with Crippen molar-refractivity contribution in [2.24, 2.45) is 17.3 Å². The molecule has 2 saturated carbocycles. The van der Waals surface area contributed by atoms with E-state index < -0.39 is 12.1 Å². The molecule has 3 nitrogen and oxygen atoms in total. The summed E-state index contributed by atoms with van der Waals surface area (Å²) in [5, 5.41) is 9.09. The van der Waals surface area contributed by atoms with E-state index in [1.807, 2.05) is 0 Å². The van der Waals surface area contributed by atoms with Crippen molar-refractivity contribution in [3.63, 3.8) is 0 Å². The van der Waals surface area contributed by atoms with Crippen LogP contribution in [0.15, 0.2) is 0 Å². The van der Waals surface area contributed by atoms with Gasteiger partial charge in [-0.05, 0) is 43.9 Å². The highest BCUT2D eigenvalue weighted by Gasteiger charge is 2.54. The van der Waals surface area contributed by atoms with Crippen molar-refractivity contribution in [1.82, 2.24) is 0 Å². The Labute approximate surface area is 90.8 Å². The average Bonchev–Trinajstić information content (AvgIpc) is 2.98. The van der Waals surface area contributed by atoms with Crippen molar-refractivity contribution < 1.29 is 14.6 Å². The molecule has 2 rings (SSSR count). The Morgan fingerprint density at radius 1 is 1.53 bits per heavy atom. The second-order valence-corrected chi connectivity index (χ2v) is 5.34. The van der Waals surface area contributed by atoms with Gasteiger partial charge in [0.05, 0.1) is 0 Å². The van der Waals surface area contributed by atoms with Crippen LogP contribution in [0.5, 0.6) is 0 Å². The number of rotatable bonds is 6. The molecular formula is C12H20O3. The smallest absolute Gasteiger partial charge is 0.333 e. The van der Waals surface area contributed by atoms with Crippen LogP contribution in [0.25, 0.3) is 0 Å². The topological polar surface area (TPSA) is 46.5 Å². The van der Waals surface area contributed by atoms with Gasteiger partial charge in [0.2, 0.25) is 0 Å². The van der Waals surface area contributed by atoms with E-state index in [4.69, 9.17) is 9.84 Å². The molecule has 0 radical (unpaired) electrons. The summed E-state index contributed by atoms with van der Waals surface area (Å²) in [5.41, 5.74) is -0.0391. The lowest BCUT2D eigenvalue weighted by Gasteiger charge is -2.25. The minimum Gasteiger partial charge on any atom is -0.479 e. The predicted molar refractivity (Wildman–Crippen MR) is 56.6 cm³/mol. The molecule has 0 saturated heterocycles. The number of carboxylic acids is 1. The zero-order chi connectivity index (χ0) is 11.1. The van der Waals surface area contributed by atoms with E-state index >= 15 is 0 Å². The van der Waals surface area contributed by atoms with Crippen molar-refractivity contribution in [2.75, 3.05) is 7.11 Å². The number of carbonyl (C=O) groups is 1. The van der Waals surface area contributed by atoms with Crippen LogP contribution < -0.4 is 0 Å². The third-order valence-corrected chi connectivity index (χ3v) is 4.06. The predicted octanol–water partition coefficient (Wildman–Crippen LogP) is 2.30. The molecule has 0 aliphatic heterocycles. The summed E-state index contributed by atoms with van der Waals surface area (Å²) in [4.78, 5) is 11.1. The van der Waals surface area contributed by atoms with Crippen molar-refractivity contribution in [3.05, 3.63) is 0 Å². The Bertz CT molecular complexity index is 254. The fourth-order valence-corrected chi connectivity index (χ4v) is 2.82. The summed E-state index contributed by atoms with van der Waals surface area (Å²) in [6.45, 7) is 2.26. The van der Waals surface area contributed by atoms with Gasteiger partial charge in [0.25, 0.3) is 0 Å². The molecule has 2 fully saturated rings. The largest absolute Gasteiger partial charge is 0.479 e. The molecule has 0 aromatic carbocycles. The molecule has 0 amide bonds. The summed E-state index contributed by atoms with van der Waals surface area (Å²) < 4.78 is 5.14. The lowest BCUT2D eigenvalue weighted by atomic mass is 9.86. The summed E-state index contributed by atoms with van der Waals surface area (Å²) >= 11 is 0. The van der Waals surface area contributed by atoms with Crippen LogP contribution in [-0.2, 0) is 9.53 Å². The molecule has 0 bridgehead atoms. The van der Waals surface area contributed by atoms with E-state index in [0.717, 1.165) is 25.2 Å². The van der Waals surface area contributed by atoms with E-state index in [-0.39, 0.29) is 5.41 Å². The lowest BCUT2D eigenvalue weighted by Crippen LogP contribution is -2.34. The van der Waals surface area contributed by atoms with Gasteiger partial charge in [-0.15, -0.1) is 0 Å². The molecular weight excluding hydrogens is 192 g/mol. The molecule has 15 heavy (non-hydrogen) atoms. The first-order valence-corrected chi connectivity index (χ1v) is 5.85. The molecule has 2 atom stereocenters. The molecule has 0 spiro atoms. The highest BCUT2D eigenvalue weighted by molar-refractivity contribution is 5.74. The van der Waals surface area contributed by atoms with E-state index in [1.54, 1.807) is 0 Å². The fourth-order valence-electron chi connectivity index (χ4n) is 2.82. The van der Waals surface area contributed by atoms with Crippen LogP contribution in [0.4, 0.5) is 0 Å². The standard InChI is InChI=1S/C12H20O3/c1-8(9-3-4-9)7-12(5-6-12)10(15-2)11(13)14/h8-10H,3-7H2,1-2H3,(H,13,14). The maximum atomic E-state index is 11.1. The number of aliphatic carboxylic acids is 1. The first kappa shape index (κ1) is 10.9. The lowest BCUT2D eigenvalue weighted by molar-refractivity contribution is -0.153. The quantitative estimate of drug-likeness (QED) is 0.735. The Hall–Kier alpha value is -0.570. The summed E-state index contributed by atoms with van der Waals surface area (Å²) in [6.07, 6.45) is 5.16. The van der Waals surface area contributed by atoms with Gasteiger partial charge < -0.3 is 9.84 Å². The van der Waals surface area contributed by atoms with Gasteiger partial charge in [-0.3, -0.25) is 0 Å². The average molecular weight is 212 g/mol. The van der Waals surface area contributed by atoms with Crippen LogP contribution >= 0.6 is 0 Å². The number of hydrogen-bond acceptors (Lipinski definition) is 2. The minimum atomic E-state index is -0.794. The zero-order valence-electron chi connectivity index (χ0n) is 9.53. The molecule has 86 valence electrons. The zero-order valence-corrected chi connectivity index (χ0v) is 9.53.